The van der Waals surface area contributed by atoms with Gasteiger partial charge < -0.3 is 15.2 Å². The molecule has 0 bridgehead atoms. The fraction of sp³-hybridized carbons (Fsp3) is 1.00. The summed E-state index contributed by atoms with van der Waals surface area (Å²) in [6.45, 7) is 6.94. The molecule has 1 saturated heterocycles. The van der Waals surface area contributed by atoms with Gasteiger partial charge in [-0.15, -0.1) is 0 Å². The van der Waals surface area contributed by atoms with Crippen molar-refractivity contribution in [3.05, 3.63) is 0 Å². The summed E-state index contributed by atoms with van der Waals surface area (Å²) in [4.78, 5) is 0. The van der Waals surface area contributed by atoms with Crippen LogP contribution in [0.3, 0.4) is 0 Å². The van der Waals surface area contributed by atoms with Gasteiger partial charge in [0.25, 0.3) is 0 Å². The van der Waals surface area contributed by atoms with Crippen molar-refractivity contribution in [1.82, 2.24) is 5.32 Å². The van der Waals surface area contributed by atoms with Crippen LogP contribution in [0.5, 0.6) is 0 Å². The molecule has 2 N–H and O–H groups in total. The summed E-state index contributed by atoms with van der Waals surface area (Å²) in [7, 11) is 0. The van der Waals surface area contributed by atoms with E-state index < -0.39 is 0 Å². The summed E-state index contributed by atoms with van der Waals surface area (Å²) in [6.07, 6.45) is 6.57. The second kappa shape index (κ2) is 8.90. The van der Waals surface area contributed by atoms with Crippen LogP contribution in [-0.4, -0.2) is 37.0 Å². The lowest BCUT2D eigenvalue weighted by Crippen LogP contribution is -2.43. The lowest BCUT2D eigenvalue weighted by atomic mass is 9.90. The number of rotatable bonds is 8. The van der Waals surface area contributed by atoms with E-state index in [1.165, 1.54) is 25.7 Å². The van der Waals surface area contributed by atoms with Crippen molar-refractivity contribution in [3.8, 4) is 0 Å². The maximum atomic E-state index is 10.1. The molecule has 17 heavy (non-hydrogen) atoms. The standard InChI is InChI=1S/C14H29NO2/c1-3-5-12(6-4-2)9-14(16)10-13-11-17-8-7-15-13/h12-16H,3-11H2,1-2H3/t13-,14+/m0/s1. The molecule has 0 aromatic rings. The van der Waals surface area contributed by atoms with Crippen molar-refractivity contribution < 1.29 is 9.84 Å². The van der Waals surface area contributed by atoms with Gasteiger partial charge in [0.05, 0.1) is 19.3 Å². The summed E-state index contributed by atoms with van der Waals surface area (Å²) in [5.74, 6) is 0.699. The normalized spacial score (nSPS) is 22.9. The molecule has 0 aromatic heterocycles. The van der Waals surface area contributed by atoms with E-state index in [9.17, 15) is 5.11 Å². The van der Waals surface area contributed by atoms with Crippen molar-refractivity contribution in [3.63, 3.8) is 0 Å². The molecule has 0 aliphatic carbocycles. The van der Waals surface area contributed by atoms with Gasteiger partial charge in [-0.2, -0.15) is 0 Å². The van der Waals surface area contributed by atoms with Crippen LogP contribution in [-0.2, 0) is 4.74 Å². The Balaban J connectivity index is 2.22. The summed E-state index contributed by atoms with van der Waals surface area (Å²) in [6, 6.07) is 0.350. The smallest absolute Gasteiger partial charge is 0.0621 e. The van der Waals surface area contributed by atoms with E-state index in [2.05, 4.69) is 19.2 Å². The van der Waals surface area contributed by atoms with Gasteiger partial charge in [0.2, 0.25) is 0 Å². The predicted molar refractivity (Wildman–Crippen MR) is 71.2 cm³/mol. The first kappa shape index (κ1) is 14.9. The summed E-state index contributed by atoms with van der Waals surface area (Å²) in [5, 5.41) is 13.5. The zero-order valence-electron chi connectivity index (χ0n) is 11.5. The van der Waals surface area contributed by atoms with Gasteiger partial charge in [0.15, 0.2) is 0 Å². The molecule has 1 heterocycles. The molecule has 1 aliphatic rings. The molecule has 0 spiro atoms. The number of aliphatic hydroxyl groups is 1. The van der Waals surface area contributed by atoms with Crippen LogP contribution >= 0.6 is 0 Å². The molecule has 1 rings (SSSR count). The van der Waals surface area contributed by atoms with E-state index in [-0.39, 0.29) is 6.10 Å². The maximum absolute atomic E-state index is 10.1. The Morgan fingerprint density at radius 3 is 2.53 bits per heavy atom. The van der Waals surface area contributed by atoms with Crippen LogP contribution in [0.25, 0.3) is 0 Å². The number of hydrogen-bond donors (Lipinski definition) is 2. The molecule has 0 amide bonds. The zero-order valence-corrected chi connectivity index (χ0v) is 11.5. The molecule has 1 fully saturated rings. The third kappa shape index (κ3) is 6.39. The Bertz CT molecular complexity index is 175. The number of aliphatic hydroxyl groups excluding tert-OH is 1. The first-order valence-corrected chi connectivity index (χ1v) is 7.25. The molecule has 3 nitrogen and oxygen atoms in total. The van der Waals surface area contributed by atoms with Crippen molar-refractivity contribution in [2.75, 3.05) is 19.8 Å². The third-order valence-electron chi connectivity index (χ3n) is 3.55. The van der Waals surface area contributed by atoms with Crippen molar-refractivity contribution in [2.45, 2.75) is 64.5 Å². The van der Waals surface area contributed by atoms with Gasteiger partial charge in [0, 0.05) is 12.6 Å². The minimum Gasteiger partial charge on any atom is -0.393 e. The molecule has 0 radical (unpaired) electrons. The monoisotopic (exact) mass is 243 g/mol. The van der Waals surface area contributed by atoms with Crippen LogP contribution in [0, 0.1) is 5.92 Å². The topological polar surface area (TPSA) is 41.5 Å². The lowest BCUT2D eigenvalue weighted by molar-refractivity contribution is 0.0451. The van der Waals surface area contributed by atoms with Gasteiger partial charge in [-0.1, -0.05) is 39.5 Å². The van der Waals surface area contributed by atoms with E-state index in [1.54, 1.807) is 0 Å². The molecule has 2 atom stereocenters. The Morgan fingerprint density at radius 2 is 2.00 bits per heavy atom. The maximum Gasteiger partial charge on any atom is 0.0621 e. The van der Waals surface area contributed by atoms with Crippen molar-refractivity contribution in [1.29, 1.82) is 0 Å². The summed E-state index contributed by atoms with van der Waals surface area (Å²) in [5.41, 5.74) is 0. The Hall–Kier alpha value is -0.120. The average Bonchev–Trinajstić information content (AvgIpc) is 2.30. The van der Waals surface area contributed by atoms with Crippen LogP contribution < -0.4 is 5.32 Å². The second-order valence-corrected chi connectivity index (χ2v) is 5.29. The van der Waals surface area contributed by atoms with Gasteiger partial charge in [0.1, 0.15) is 0 Å². The second-order valence-electron chi connectivity index (χ2n) is 5.29. The molecule has 3 heteroatoms. The van der Waals surface area contributed by atoms with Crippen LogP contribution in [0.15, 0.2) is 0 Å². The number of hydrogen-bond acceptors (Lipinski definition) is 3. The van der Waals surface area contributed by atoms with Gasteiger partial charge in [-0.05, 0) is 18.8 Å². The van der Waals surface area contributed by atoms with Gasteiger partial charge >= 0.3 is 0 Å². The predicted octanol–water partition coefficient (Wildman–Crippen LogP) is 2.33. The molecule has 102 valence electrons. The minimum absolute atomic E-state index is 0.169. The SMILES string of the molecule is CCCC(CCC)C[C@@H](O)C[C@H]1COCCN1. The van der Waals surface area contributed by atoms with E-state index in [0.29, 0.717) is 12.0 Å². The fourth-order valence-corrected chi connectivity index (χ4v) is 2.78. The van der Waals surface area contributed by atoms with Gasteiger partial charge in [-0.3, -0.25) is 0 Å². The fourth-order valence-electron chi connectivity index (χ4n) is 2.78. The van der Waals surface area contributed by atoms with Gasteiger partial charge in [-0.25, -0.2) is 0 Å². The highest BCUT2D eigenvalue weighted by atomic mass is 16.5. The zero-order chi connectivity index (χ0) is 12.5. The van der Waals surface area contributed by atoms with E-state index in [1.807, 2.05) is 0 Å². The molecular weight excluding hydrogens is 214 g/mol. The number of ether oxygens (including phenoxy) is 1. The highest BCUT2D eigenvalue weighted by Crippen LogP contribution is 2.21. The van der Waals surface area contributed by atoms with Crippen molar-refractivity contribution in [2.24, 2.45) is 5.92 Å². The number of morpholine rings is 1. The Labute approximate surface area is 106 Å². The molecular formula is C14H29NO2. The average molecular weight is 243 g/mol. The summed E-state index contributed by atoms with van der Waals surface area (Å²) >= 11 is 0. The van der Waals surface area contributed by atoms with E-state index in [0.717, 1.165) is 32.6 Å². The third-order valence-corrected chi connectivity index (χ3v) is 3.55. The van der Waals surface area contributed by atoms with Crippen LogP contribution in [0.4, 0.5) is 0 Å². The molecule has 0 saturated carbocycles. The molecule has 1 aliphatic heterocycles. The summed E-state index contributed by atoms with van der Waals surface area (Å²) < 4.78 is 5.41. The number of nitrogens with one attached hydrogen (secondary N) is 1. The quantitative estimate of drug-likeness (QED) is 0.687. The highest BCUT2D eigenvalue weighted by molar-refractivity contribution is 4.75. The van der Waals surface area contributed by atoms with Crippen molar-refractivity contribution >= 4 is 0 Å². The lowest BCUT2D eigenvalue weighted by Gasteiger charge is -2.27. The Morgan fingerprint density at radius 1 is 1.29 bits per heavy atom. The largest absolute Gasteiger partial charge is 0.393 e. The minimum atomic E-state index is -0.169. The first-order chi connectivity index (χ1) is 8.26. The molecule has 0 aromatic carbocycles. The van der Waals surface area contributed by atoms with E-state index >= 15 is 0 Å². The van der Waals surface area contributed by atoms with Crippen LogP contribution in [0.2, 0.25) is 0 Å². The van der Waals surface area contributed by atoms with Crippen LogP contribution in [0.1, 0.15) is 52.4 Å². The Kier molecular flexibility index (Phi) is 7.82. The first-order valence-electron chi connectivity index (χ1n) is 7.25. The molecule has 0 unspecified atom stereocenters. The van der Waals surface area contributed by atoms with E-state index in [4.69, 9.17) is 4.74 Å². The highest BCUT2D eigenvalue weighted by Gasteiger charge is 2.19.